The summed E-state index contributed by atoms with van der Waals surface area (Å²) in [6, 6.07) is 0. The van der Waals surface area contributed by atoms with E-state index in [0.717, 1.165) is 31.1 Å². The molecule has 2 atom stereocenters. The first kappa shape index (κ1) is 10.3. The van der Waals surface area contributed by atoms with Gasteiger partial charge < -0.3 is 4.79 Å². The van der Waals surface area contributed by atoms with Crippen LogP contribution in [0.5, 0.6) is 0 Å². The number of aldehydes is 1. The van der Waals surface area contributed by atoms with Crippen LogP contribution >= 0.6 is 0 Å². The predicted octanol–water partition coefficient (Wildman–Crippen LogP) is 2.45. The fourth-order valence-electron chi connectivity index (χ4n) is 3.03. The Balaban J connectivity index is 2.28. The van der Waals surface area contributed by atoms with Gasteiger partial charge in [-0.2, -0.15) is 0 Å². The number of allylic oxidation sites excluding steroid dienone is 2. The van der Waals surface area contributed by atoms with Gasteiger partial charge in [-0.15, -0.1) is 0 Å². The Kier molecular flexibility index (Phi) is 2.37. The van der Waals surface area contributed by atoms with Gasteiger partial charge in [-0.3, -0.25) is 4.79 Å². The van der Waals surface area contributed by atoms with E-state index in [9.17, 15) is 9.59 Å². The summed E-state index contributed by atoms with van der Waals surface area (Å²) >= 11 is 0. The Morgan fingerprint density at radius 2 is 2.20 bits per heavy atom. The first-order chi connectivity index (χ1) is 7.09. The SMILES string of the molecule is C=C1CC2(CCC=O)CC1CC(=O)C2=C. The van der Waals surface area contributed by atoms with Gasteiger partial charge in [0.25, 0.3) is 0 Å². The molecule has 0 saturated heterocycles. The van der Waals surface area contributed by atoms with Gasteiger partial charge in [0, 0.05) is 18.3 Å². The lowest BCUT2D eigenvalue weighted by molar-refractivity contribution is -0.119. The van der Waals surface area contributed by atoms with Gasteiger partial charge in [0.2, 0.25) is 0 Å². The second-order valence-electron chi connectivity index (χ2n) is 4.83. The summed E-state index contributed by atoms with van der Waals surface area (Å²) in [7, 11) is 0. The number of hydrogen-bond donors (Lipinski definition) is 0. The van der Waals surface area contributed by atoms with Crippen LogP contribution in [-0.4, -0.2) is 12.1 Å². The molecular formula is C13H16O2. The van der Waals surface area contributed by atoms with E-state index in [-0.39, 0.29) is 11.2 Å². The molecule has 2 unspecified atom stereocenters. The number of Topliss-reactive ketones (excluding diaryl/α,β-unsaturated/α-hetero) is 1. The van der Waals surface area contributed by atoms with Gasteiger partial charge in [0.15, 0.2) is 5.78 Å². The Labute approximate surface area is 90.1 Å². The summed E-state index contributed by atoms with van der Waals surface area (Å²) in [4.78, 5) is 22.2. The number of fused-ring (bicyclic) bond motifs is 2. The number of carbonyl (C=O) groups excluding carboxylic acids is 2. The van der Waals surface area contributed by atoms with Crippen molar-refractivity contribution in [1.29, 1.82) is 0 Å². The lowest BCUT2D eigenvalue weighted by atomic mass is 9.69. The number of rotatable bonds is 3. The third-order valence-electron chi connectivity index (χ3n) is 3.93. The molecule has 0 spiro atoms. The van der Waals surface area contributed by atoms with Crippen LogP contribution in [-0.2, 0) is 9.59 Å². The van der Waals surface area contributed by atoms with Crippen LogP contribution in [0.15, 0.2) is 24.3 Å². The smallest absolute Gasteiger partial charge is 0.159 e. The third-order valence-corrected chi connectivity index (χ3v) is 3.93. The van der Waals surface area contributed by atoms with Crippen LogP contribution in [0, 0.1) is 11.3 Å². The van der Waals surface area contributed by atoms with Crippen molar-refractivity contribution in [2.75, 3.05) is 0 Å². The van der Waals surface area contributed by atoms with Crippen molar-refractivity contribution in [3.05, 3.63) is 24.3 Å². The first-order valence-electron chi connectivity index (χ1n) is 5.43. The molecule has 80 valence electrons. The van der Waals surface area contributed by atoms with Crippen LogP contribution in [0.2, 0.25) is 0 Å². The largest absolute Gasteiger partial charge is 0.303 e. The highest BCUT2D eigenvalue weighted by molar-refractivity contribution is 5.98. The molecule has 2 saturated carbocycles. The normalized spacial score (nSPS) is 34.7. The van der Waals surface area contributed by atoms with Crippen molar-refractivity contribution in [2.45, 2.75) is 32.1 Å². The number of ketones is 1. The Morgan fingerprint density at radius 3 is 2.87 bits per heavy atom. The maximum absolute atomic E-state index is 11.7. The third kappa shape index (κ3) is 1.48. The van der Waals surface area contributed by atoms with E-state index in [1.165, 1.54) is 5.57 Å². The summed E-state index contributed by atoms with van der Waals surface area (Å²) in [5, 5.41) is 0. The summed E-state index contributed by atoms with van der Waals surface area (Å²) in [5.41, 5.74) is 1.78. The van der Waals surface area contributed by atoms with Gasteiger partial charge in [-0.05, 0) is 30.8 Å². The summed E-state index contributed by atoms with van der Waals surface area (Å²) in [5.74, 6) is 0.519. The quantitative estimate of drug-likeness (QED) is 0.402. The molecule has 0 radical (unpaired) electrons. The molecule has 2 fully saturated rings. The fraction of sp³-hybridized carbons (Fsp3) is 0.538. The molecule has 0 aliphatic heterocycles. The van der Waals surface area contributed by atoms with E-state index >= 15 is 0 Å². The van der Waals surface area contributed by atoms with Crippen LogP contribution in [0.1, 0.15) is 32.1 Å². The molecule has 0 heterocycles. The molecule has 2 nitrogen and oxygen atoms in total. The number of carbonyl (C=O) groups is 2. The van der Waals surface area contributed by atoms with Crippen molar-refractivity contribution in [2.24, 2.45) is 11.3 Å². The average Bonchev–Trinajstić information content (AvgIpc) is 2.48. The molecule has 15 heavy (non-hydrogen) atoms. The van der Waals surface area contributed by atoms with E-state index in [1.54, 1.807) is 0 Å². The summed E-state index contributed by atoms with van der Waals surface area (Å²) in [6.07, 6.45) is 4.63. The zero-order chi connectivity index (χ0) is 11.1. The van der Waals surface area contributed by atoms with E-state index in [4.69, 9.17) is 0 Å². The van der Waals surface area contributed by atoms with Gasteiger partial charge in [-0.1, -0.05) is 18.7 Å². The van der Waals surface area contributed by atoms with Crippen LogP contribution in [0.25, 0.3) is 0 Å². The van der Waals surface area contributed by atoms with Gasteiger partial charge in [-0.25, -0.2) is 0 Å². The zero-order valence-corrected chi connectivity index (χ0v) is 8.92. The Morgan fingerprint density at radius 1 is 1.47 bits per heavy atom. The second kappa shape index (κ2) is 3.44. The van der Waals surface area contributed by atoms with E-state index in [0.29, 0.717) is 18.8 Å². The molecule has 0 amide bonds. The topological polar surface area (TPSA) is 34.1 Å². The highest BCUT2D eigenvalue weighted by atomic mass is 16.1. The highest BCUT2D eigenvalue weighted by Crippen LogP contribution is 2.56. The molecule has 2 rings (SSSR count). The van der Waals surface area contributed by atoms with Crippen molar-refractivity contribution in [1.82, 2.24) is 0 Å². The molecule has 2 aliphatic rings. The molecule has 0 aromatic heterocycles. The minimum absolute atomic E-state index is 0.127. The highest BCUT2D eigenvalue weighted by Gasteiger charge is 2.49. The van der Waals surface area contributed by atoms with E-state index < -0.39 is 0 Å². The van der Waals surface area contributed by atoms with Crippen LogP contribution in [0.4, 0.5) is 0 Å². The van der Waals surface area contributed by atoms with Gasteiger partial charge >= 0.3 is 0 Å². The van der Waals surface area contributed by atoms with Crippen molar-refractivity contribution in [3.8, 4) is 0 Å². The van der Waals surface area contributed by atoms with E-state index in [2.05, 4.69) is 13.2 Å². The zero-order valence-electron chi connectivity index (χ0n) is 8.92. The van der Waals surface area contributed by atoms with Crippen molar-refractivity contribution >= 4 is 12.1 Å². The molecule has 2 heteroatoms. The summed E-state index contributed by atoms with van der Waals surface area (Å²) < 4.78 is 0. The van der Waals surface area contributed by atoms with E-state index in [1.807, 2.05) is 0 Å². The molecule has 2 aliphatic carbocycles. The average molecular weight is 204 g/mol. The monoisotopic (exact) mass is 204 g/mol. The maximum atomic E-state index is 11.7. The molecular weight excluding hydrogens is 188 g/mol. The lowest BCUT2D eigenvalue weighted by Crippen LogP contribution is -2.29. The fourth-order valence-corrected chi connectivity index (χ4v) is 3.03. The minimum Gasteiger partial charge on any atom is -0.303 e. The Hall–Kier alpha value is -1.18. The van der Waals surface area contributed by atoms with Crippen molar-refractivity contribution < 1.29 is 9.59 Å². The second-order valence-corrected chi connectivity index (χ2v) is 4.83. The minimum atomic E-state index is -0.127. The maximum Gasteiger partial charge on any atom is 0.159 e. The van der Waals surface area contributed by atoms with Crippen LogP contribution in [0.3, 0.4) is 0 Å². The van der Waals surface area contributed by atoms with Crippen LogP contribution < -0.4 is 0 Å². The van der Waals surface area contributed by atoms with Crippen molar-refractivity contribution in [3.63, 3.8) is 0 Å². The molecule has 0 aromatic rings. The number of hydrogen-bond acceptors (Lipinski definition) is 2. The standard InChI is InChI=1S/C13H16O2/c1-9-7-13(4-3-5-14)8-11(9)6-12(15)10(13)2/h5,11H,1-4,6-8H2. The molecule has 2 bridgehead atoms. The molecule has 0 N–H and O–H groups in total. The molecule has 0 aromatic carbocycles. The van der Waals surface area contributed by atoms with Gasteiger partial charge in [0.05, 0.1) is 0 Å². The predicted molar refractivity (Wildman–Crippen MR) is 58.4 cm³/mol. The first-order valence-corrected chi connectivity index (χ1v) is 5.43. The summed E-state index contributed by atoms with van der Waals surface area (Å²) in [6.45, 7) is 7.96. The van der Waals surface area contributed by atoms with Gasteiger partial charge in [0.1, 0.15) is 6.29 Å². The Bertz CT molecular complexity index is 354. The lowest BCUT2D eigenvalue weighted by Gasteiger charge is -2.33.